The lowest BCUT2D eigenvalue weighted by molar-refractivity contribution is -0.384. The van der Waals surface area contributed by atoms with E-state index < -0.39 is 17.0 Å². The molecular formula is C28H41N5O5. The number of hydrogen-bond donors (Lipinski definition) is 3. The molecule has 0 radical (unpaired) electrons. The summed E-state index contributed by atoms with van der Waals surface area (Å²) in [6, 6.07) is 14.9. The van der Waals surface area contributed by atoms with Crippen LogP contribution in [0.1, 0.15) is 38.8 Å². The molecule has 0 bridgehead atoms. The number of aliphatic hydroxyl groups excluding tert-OH is 1. The lowest BCUT2D eigenvalue weighted by Crippen LogP contribution is -2.54. The molecule has 10 nitrogen and oxygen atoms in total. The Bertz CT molecular complexity index is 1010. The van der Waals surface area contributed by atoms with Crippen LogP contribution in [0.25, 0.3) is 0 Å². The molecule has 208 valence electrons. The van der Waals surface area contributed by atoms with E-state index in [1.165, 1.54) is 17.0 Å². The van der Waals surface area contributed by atoms with E-state index in [2.05, 4.69) is 43.2 Å². The third-order valence-electron chi connectivity index (χ3n) is 6.37. The molecule has 10 heteroatoms. The number of hydrogen-bond acceptors (Lipinski definition) is 6. The highest BCUT2D eigenvalue weighted by atomic mass is 16.6. The predicted octanol–water partition coefficient (Wildman–Crippen LogP) is 2.99. The summed E-state index contributed by atoms with van der Waals surface area (Å²) in [7, 11) is 0. The van der Waals surface area contributed by atoms with Gasteiger partial charge in [-0.15, -0.1) is 0 Å². The van der Waals surface area contributed by atoms with Crippen LogP contribution in [0.2, 0.25) is 0 Å². The Hall–Kier alpha value is -3.50. The van der Waals surface area contributed by atoms with Crippen LogP contribution >= 0.6 is 0 Å². The molecule has 0 saturated heterocycles. The SMILES string of the molecule is CC(C)N(CCNC(=O)[C@H](Cc1ccc([N+](=O)[O-])cc1)NC(=O)N(CCO)CCc1ccccc1)C(C)C. The minimum Gasteiger partial charge on any atom is -0.395 e. The number of nitrogens with zero attached hydrogens (tertiary/aromatic N) is 3. The quantitative estimate of drug-likeness (QED) is 0.241. The number of amides is 3. The van der Waals surface area contributed by atoms with E-state index in [4.69, 9.17) is 0 Å². The average Bonchev–Trinajstić information content (AvgIpc) is 2.88. The first kappa shape index (κ1) is 30.7. The van der Waals surface area contributed by atoms with Gasteiger partial charge in [0.05, 0.1) is 11.5 Å². The fraction of sp³-hybridized carbons (Fsp3) is 0.500. The molecule has 3 N–H and O–H groups in total. The van der Waals surface area contributed by atoms with Gasteiger partial charge in [-0.05, 0) is 45.2 Å². The standard InChI is InChI=1S/C28H41N5O5/c1-21(2)32(22(3)4)17-15-29-27(35)26(20-24-10-12-25(13-11-24)33(37)38)30-28(36)31(18-19-34)16-14-23-8-6-5-7-9-23/h5-13,21-22,26,34H,14-20H2,1-4H3,(H,29,35)(H,30,36)/t26-/m0/s1. The van der Waals surface area contributed by atoms with Gasteiger partial charge in [0.1, 0.15) is 6.04 Å². The van der Waals surface area contributed by atoms with Crippen LogP contribution in [0.3, 0.4) is 0 Å². The van der Waals surface area contributed by atoms with E-state index >= 15 is 0 Å². The molecule has 0 spiro atoms. The van der Waals surface area contributed by atoms with E-state index in [0.717, 1.165) is 5.56 Å². The van der Waals surface area contributed by atoms with Gasteiger partial charge in [0.2, 0.25) is 5.91 Å². The number of non-ortho nitro benzene ring substituents is 1. The zero-order chi connectivity index (χ0) is 28.1. The first-order valence-corrected chi connectivity index (χ1v) is 13.1. The highest BCUT2D eigenvalue weighted by molar-refractivity contribution is 5.87. The molecular weight excluding hydrogens is 486 g/mol. The van der Waals surface area contributed by atoms with Crippen molar-refractivity contribution in [3.8, 4) is 0 Å². The van der Waals surface area contributed by atoms with Crippen molar-refractivity contribution in [3.05, 3.63) is 75.8 Å². The van der Waals surface area contributed by atoms with E-state index in [1.54, 1.807) is 12.1 Å². The molecule has 2 rings (SSSR count). The maximum atomic E-state index is 13.2. The van der Waals surface area contributed by atoms with Crippen LogP contribution < -0.4 is 10.6 Å². The van der Waals surface area contributed by atoms with Crippen LogP contribution in [0.5, 0.6) is 0 Å². The normalized spacial score (nSPS) is 12.0. The number of carbonyl (C=O) groups excluding carboxylic acids is 2. The van der Waals surface area contributed by atoms with Crippen molar-refractivity contribution in [1.82, 2.24) is 20.4 Å². The third kappa shape index (κ3) is 10.1. The molecule has 38 heavy (non-hydrogen) atoms. The number of aliphatic hydroxyl groups is 1. The van der Waals surface area contributed by atoms with Crippen LogP contribution in [0.15, 0.2) is 54.6 Å². The van der Waals surface area contributed by atoms with Crippen molar-refractivity contribution in [2.24, 2.45) is 0 Å². The summed E-state index contributed by atoms with van der Waals surface area (Å²) in [6.45, 7) is 9.78. The topological polar surface area (TPSA) is 128 Å². The predicted molar refractivity (Wildman–Crippen MR) is 148 cm³/mol. The number of carbonyl (C=O) groups is 2. The van der Waals surface area contributed by atoms with Crippen LogP contribution in [-0.4, -0.2) is 82.7 Å². The van der Waals surface area contributed by atoms with Gasteiger partial charge in [0, 0.05) is 56.8 Å². The summed E-state index contributed by atoms with van der Waals surface area (Å²) in [5.74, 6) is -0.337. The van der Waals surface area contributed by atoms with Crippen LogP contribution in [-0.2, 0) is 17.6 Å². The van der Waals surface area contributed by atoms with Crippen molar-refractivity contribution in [1.29, 1.82) is 0 Å². The summed E-state index contributed by atoms with van der Waals surface area (Å²) < 4.78 is 0. The van der Waals surface area contributed by atoms with Gasteiger partial charge in [-0.2, -0.15) is 0 Å². The molecule has 0 aliphatic carbocycles. The van der Waals surface area contributed by atoms with Gasteiger partial charge in [0.25, 0.3) is 5.69 Å². The molecule has 0 unspecified atom stereocenters. The largest absolute Gasteiger partial charge is 0.395 e. The van der Waals surface area contributed by atoms with E-state index in [1.807, 2.05) is 30.3 Å². The summed E-state index contributed by atoms with van der Waals surface area (Å²) in [4.78, 5) is 40.7. The van der Waals surface area contributed by atoms with Gasteiger partial charge in [-0.1, -0.05) is 42.5 Å². The number of nitro groups is 1. The zero-order valence-corrected chi connectivity index (χ0v) is 22.8. The lowest BCUT2D eigenvalue weighted by Gasteiger charge is -2.31. The molecule has 3 amide bonds. The summed E-state index contributed by atoms with van der Waals surface area (Å²) >= 11 is 0. The Labute approximate surface area is 225 Å². The Balaban J connectivity index is 2.13. The monoisotopic (exact) mass is 527 g/mol. The van der Waals surface area contributed by atoms with Gasteiger partial charge < -0.3 is 20.6 Å². The Morgan fingerprint density at radius 3 is 2.11 bits per heavy atom. The van der Waals surface area contributed by atoms with Crippen LogP contribution in [0.4, 0.5) is 10.5 Å². The first-order valence-electron chi connectivity index (χ1n) is 13.1. The Morgan fingerprint density at radius 2 is 1.55 bits per heavy atom. The van der Waals surface area contributed by atoms with E-state index in [-0.39, 0.29) is 31.2 Å². The fourth-order valence-electron chi connectivity index (χ4n) is 4.33. The molecule has 0 heterocycles. The summed E-state index contributed by atoms with van der Waals surface area (Å²) in [5.41, 5.74) is 1.69. The molecule has 1 atom stereocenters. The summed E-state index contributed by atoms with van der Waals surface area (Å²) in [6.07, 6.45) is 0.771. The molecule has 2 aromatic carbocycles. The van der Waals surface area contributed by atoms with Gasteiger partial charge in [-0.3, -0.25) is 19.8 Å². The van der Waals surface area contributed by atoms with Crippen molar-refractivity contribution < 1.29 is 19.6 Å². The number of rotatable bonds is 15. The highest BCUT2D eigenvalue weighted by Gasteiger charge is 2.25. The lowest BCUT2D eigenvalue weighted by atomic mass is 10.0. The second-order valence-electron chi connectivity index (χ2n) is 9.79. The van der Waals surface area contributed by atoms with Crippen molar-refractivity contribution in [2.45, 2.75) is 58.7 Å². The smallest absolute Gasteiger partial charge is 0.318 e. The molecule has 0 saturated carbocycles. The molecule has 2 aromatic rings. The molecule has 0 aliphatic heterocycles. The number of nitrogens with one attached hydrogen (secondary N) is 2. The van der Waals surface area contributed by atoms with Gasteiger partial charge in [-0.25, -0.2) is 4.79 Å². The second kappa shape index (κ2) is 15.7. The molecule has 0 aromatic heterocycles. The third-order valence-corrected chi connectivity index (χ3v) is 6.37. The van der Waals surface area contributed by atoms with Crippen molar-refractivity contribution in [3.63, 3.8) is 0 Å². The fourth-order valence-corrected chi connectivity index (χ4v) is 4.33. The molecule has 0 fully saturated rings. The minimum atomic E-state index is -0.895. The van der Waals surface area contributed by atoms with Gasteiger partial charge in [0.15, 0.2) is 0 Å². The van der Waals surface area contributed by atoms with E-state index in [9.17, 15) is 24.8 Å². The highest BCUT2D eigenvalue weighted by Crippen LogP contribution is 2.14. The van der Waals surface area contributed by atoms with Crippen LogP contribution in [0, 0.1) is 10.1 Å². The van der Waals surface area contributed by atoms with Gasteiger partial charge >= 0.3 is 6.03 Å². The van der Waals surface area contributed by atoms with Crippen molar-refractivity contribution in [2.75, 3.05) is 32.8 Å². The Morgan fingerprint density at radius 1 is 0.921 bits per heavy atom. The average molecular weight is 528 g/mol. The zero-order valence-electron chi connectivity index (χ0n) is 22.8. The van der Waals surface area contributed by atoms with E-state index in [0.29, 0.717) is 43.7 Å². The number of benzene rings is 2. The van der Waals surface area contributed by atoms with Crippen molar-refractivity contribution >= 4 is 17.6 Å². The molecule has 0 aliphatic rings. The summed E-state index contributed by atoms with van der Waals surface area (Å²) in [5, 5.41) is 26.3. The first-order chi connectivity index (χ1) is 18.1. The maximum Gasteiger partial charge on any atom is 0.318 e. The maximum absolute atomic E-state index is 13.2. The number of urea groups is 1. The number of nitro benzene ring substituents is 1. The Kier molecular flexibility index (Phi) is 12.7. The second-order valence-corrected chi connectivity index (χ2v) is 9.79. The minimum absolute atomic E-state index is 0.0451.